The van der Waals surface area contributed by atoms with E-state index in [2.05, 4.69) is 4.98 Å². The normalized spacial score (nSPS) is 14.9. The van der Waals surface area contributed by atoms with Crippen LogP contribution in [0.25, 0.3) is 33.0 Å². The van der Waals surface area contributed by atoms with Crippen LogP contribution in [0.3, 0.4) is 0 Å². The molecule has 0 saturated heterocycles. The van der Waals surface area contributed by atoms with Crippen molar-refractivity contribution in [2.24, 2.45) is 0 Å². The number of aromatic amines is 1. The van der Waals surface area contributed by atoms with Gasteiger partial charge in [0.1, 0.15) is 40.2 Å². The van der Waals surface area contributed by atoms with E-state index in [1.165, 1.54) is 31.6 Å². The minimum atomic E-state index is -0.794. The molecule has 2 aromatic heterocycles. The van der Waals surface area contributed by atoms with E-state index in [4.69, 9.17) is 13.9 Å². The van der Waals surface area contributed by atoms with Gasteiger partial charge in [-0.3, -0.25) is 14.4 Å². The summed E-state index contributed by atoms with van der Waals surface area (Å²) in [7, 11) is 1.53. The number of rotatable bonds is 3. The molecule has 3 heterocycles. The van der Waals surface area contributed by atoms with Crippen LogP contribution in [0, 0.1) is 0 Å². The Morgan fingerprint density at radius 3 is 2.54 bits per heavy atom. The third-order valence-corrected chi connectivity index (χ3v) is 6.61. The number of hydrogen-bond acceptors (Lipinski definition) is 8. The number of methoxy groups -OCH3 is 1. The van der Waals surface area contributed by atoms with Crippen molar-refractivity contribution in [1.82, 2.24) is 4.98 Å². The Morgan fingerprint density at radius 2 is 1.78 bits per heavy atom. The predicted octanol–water partition coefficient (Wildman–Crippen LogP) is 4.16. The van der Waals surface area contributed by atoms with E-state index in [-0.39, 0.29) is 40.0 Å². The molecule has 37 heavy (non-hydrogen) atoms. The van der Waals surface area contributed by atoms with E-state index in [0.29, 0.717) is 22.4 Å². The lowest BCUT2D eigenvalue weighted by Gasteiger charge is -2.25. The van der Waals surface area contributed by atoms with E-state index < -0.39 is 28.6 Å². The number of ether oxygens (including phenoxy) is 2. The average Bonchev–Trinajstić information content (AvgIpc) is 2.88. The topological polar surface area (TPSA) is 139 Å². The number of carbonyl (C=O) groups excluding carboxylic acids is 1. The van der Waals surface area contributed by atoms with Crippen molar-refractivity contribution in [2.75, 3.05) is 7.11 Å². The summed E-state index contributed by atoms with van der Waals surface area (Å²) in [6, 6.07) is 14.1. The second kappa shape index (κ2) is 8.27. The van der Waals surface area contributed by atoms with Crippen LogP contribution in [-0.2, 0) is 4.79 Å². The van der Waals surface area contributed by atoms with Gasteiger partial charge in [-0.1, -0.05) is 12.1 Å². The first-order chi connectivity index (χ1) is 17.8. The highest BCUT2D eigenvalue weighted by Crippen LogP contribution is 2.45. The number of phenols is 2. The van der Waals surface area contributed by atoms with Gasteiger partial charge in [0.2, 0.25) is 5.43 Å². The molecule has 0 radical (unpaired) electrons. The summed E-state index contributed by atoms with van der Waals surface area (Å²) in [5.74, 6) is -1.17. The van der Waals surface area contributed by atoms with Crippen LogP contribution in [0.1, 0.15) is 23.5 Å². The number of nitrogens with one attached hydrogen (secondary N) is 1. The van der Waals surface area contributed by atoms with Crippen LogP contribution in [-0.4, -0.2) is 28.3 Å². The molecule has 9 heteroatoms. The molecule has 0 bridgehead atoms. The third kappa shape index (κ3) is 3.59. The van der Waals surface area contributed by atoms with Crippen molar-refractivity contribution in [3.8, 4) is 34.1 Å². The summed E-state index contributed by atoms with van der Waals surface area (Å²) < 4.78 is 16.5. The maximum atomic E-state index is 13.5. The Kier molecular flexibility index (Phi) is 5.01. The van der Waals surface area contributed by atoms with E-state index in [1.807, 2.05) is 0 Å². The van der Waals surface area contributed by atoms with Crippen molar-refractivity contribution in [1.29, 1.82) is 0 Å². The maximum Gasteiger partial charge on any atom is 0.312 e. The number of aromatic hydroxyl groups is 2. The zero-order valence-corrected chi connectivity index (χ0v) is 19.4. The van der Waals surface area contributed by atoms with Crippen molar-refractivity contribution in [3.63, 3.8) is 0 Å². The summed E-state index contributed by atoms with van der Waals surface area (Å²) in [4.78, 5) is 42.0. The Hall–Kier alpha value is -5.05. The van der Waals surface area contributed by atoms with Crippen LogP contribution in [0.15, 0.2) is 74.9 Å². The standard InChI is InChI=1S/C28H19NO8/c1-35-16-7-4-14-8-18(28(34)29-20(14)9-16)17-10-23(32)37-22-11-21(31)25-26(33)19(12-36-27(25)24(17)22)13-2-5-15(30)6-3-13/h2-9,11-12,17,30-31H,10H2,1H3,(H,29,34)/t17-/m0/s1. The highest BCUT2D eigenvalue weighted by Gasteiger charge is 2.35. The quantitative estimate of drug-likeness (QED) is 0.249. The molecule has 184 valence electrons. The molecular formula is C28H19NO8. The number of esters is 1. The Bertz CT molecular complexity index is 1850. The van der Waals surface area contributed by atoms with Crippen LogP contribution in [0.4, 0.5) is 0 Å². The van der Waals surface area contributed by atoms with Gasteiger partial charge in [-0.05, 0) is 41.3 Å². The lowest BCUT2D eigenvalue weighted by atomic mass is 9.85. The van der Waals surface area contributed by atoms with Gasteiger partial charge in [-0.15, -0.1) is 0 Å². The number of benzene rings is 3. The number of pyridine rings is 1. The molecule has 1 atom stereocenters. The van der Waals surface area contributed by atoms with Gasteiger partial charge < -0.3 is 29.1 Å². The molecule has 9 nitrogen and oxygen atoms in total. The number of hydrogen-bond donors (Lipinski definition) is 3. The highest BCUT2D eigenvalue weighted by molar-refractivity contribution is 5.94. The van der Waals surface area contributed by atoms with Crippen LogP contribution in [0.2, 0.25) is 0 Å². The summed E-state index contributed by atoms with van der Waals surface area (Å²) >= 11 is 0. The molecular weight excluding hydrogens is 478 g/mol. The smallest absolute Gasteiger partial charge is 0.312 e. The number of fused-ring (bicyclic) bond motifs is 4. The molecule has 0 amide bonds. The van der Waals surface area contributed by atoms with Gasteiger partial charge in [0, 0.05) is 29.2 Å². The molecule has 0 fully saturated rings. The molecule has 0 aliphatic carbocycles. The van der Waals surface area contributed by atoms with E-state index >= 15 is 0 Å². The van der Waals surface area contributed by atoms with Gasteiger partial charge in [-0.2, -0.15) is 0 Å². The van der Waals surface area contributed by atoms with Gasteiger partial charge in [0.25, 0.3) is 5.56 Å². The zero-order valence-electron chi connectivity index (χ0n) is 19.4. The molecule has 6 rings (SSSR count). The van der Waals surface area contributed by atoms with Crippen molar-refractivity contribution in [3.05, 3.63) is 92.6 Å². The summed E-state index contributed by atoms with van der Waals surface area (Å²) in [6.45, 7) is 0. The Balaban J connectivity index is 1.59. The molecule has 1 aliphatic heterocycles. The number of carbonyl (C=O) groups is 1. The summed E-state index contributed by atoms with van der Waals surface area (Å²) in [5.41, 5.74) is 0.909. The van der Waals surface area contributed by atoms with Crippen LogP contribution in [0.5, 0.6) is 23.0 Å². The van der Waals surface area contributed by atoms with E-state index in [0.717, 1.165) is 5.39 Å². The van der Waals surface area contributed by atoms with Gasteiger partial charge >= 0.3 is 5.97 Å². The zero-order chi connectivity index (χ0) is 25.8. The number of aromatic nitrogens is 1. The number of H-pyrrole nitrogens is 1. The minimum Gasteiger partial charge on any atom is -0.508 e. The molecule has 5 aromatic rings. The SMILES string of the molecule is COc1ccc2cc([C@@H]3CC(=O)Oc4cc(O)c5c(=O)c(-c6ccc(O)cc6)coc5c43)c(=O)[nH]c2c1. The monoisotopic (exact) mass is 497 g/mol. The Labute approximate surface area is 208 Å². The molecule has 0 saturated carbocycles. The number of phenolic OH excluding ortho intramolecular Hbond substituents is 2. The summed E-state index contributed by atoms with van der Waals surface area (Å²) in [6.07, 6.45) is 1.09. The molecule has 0 unspecified atom stereocenters. The molecule has 3 N–H and O–H groups in total. The van der Waals surface area contributed by atoms with Crippen LogP contribution >= 0.6 is 0 Å². The van der Waals surface area contributed by atoms with Gasteiger partial charge in [0.05, 0.1) is 24.6 Å². The van der Waals surface area contributed by atoms with Crippen LogP contribution < -0.4 is 20.5 Å². The minimum absolute atomic E-state index is 0.0148. The molecule has 1 aliphatic rings. The second-order valence-corrected chi connectivity index (χ2v) is 8.77. The predicted molar refractivity (Wildman–Crippen MR) is 134 cm³/mol. The van der Waals surface area contributed by atoms with Gasteiger partial charge in [-0.25, -0.2) is 0 Å². The summed E-state index contributed by atoms with van der Waals surface area (Å²) in [5, 5.41) is 20.9. The van der Waals surface area contributed by atoms with Gasteiger partial charge in [0.15, 0.2) is 0 Å². The second-order valence-electron chi connectivity index (χ2n) is 8.77. The Morgan fingerprint density at radius 1 is 1.00 bits per heavy atom. The third-order valence-electron chi connectivity index (χ3n) is 6.61. The first-order valence-electron chi connectivity index (χ1n) is 11.4. The lowest BCUT2D eigenvalue weighted by molar-refractivity contribution is -0.135. The first kappa shape index (κ1) is 22.4. The average molecular weight is 497 g/mol. The highest BCUT2D eigenvalue weighted by atomic mass is 16.5. The van der Waals surface area contributed by atoms with Crippen molar-refractivity contribution in [2.45, 2.75) is 12.3 Å². The molecule has 0 spiro atoms. The lowest BCUT2D eigenvalue weighted by Crippen LogP contribution is -2.26. The maximum absolute atomic E-state index is 13.5. The fraction of sp³-hybridized carbons (Fsp3) is 0.107. The fourth-order valence-corrected chi connectivity index (χ4v) is 4.82. The van der Waals surface area contributed by atoms with E-state index in [1.54, 1.807) is 36.4 Å². The van der Waals surface area contributed by atoms with Crippen molar-refractivity contribution < 1.29 is 28.9 Å². The van der Waals surface area contributed by atoms with Crippen molar-refractivity contribution >= 4 is 27.8 Å². The fourth-order valence-electron chi connectivity index (χ4n) is 4.82. The largest absolute Gasteiger partial charge is 0.508 e. The van der Waals surface area contributed by atoms with E-state index in [9.17, 15) is 24.6 Å². The molecule has 3 aromatic carbocycles. The first-order valence-corrected chi connectivity index (χ1v) is 11.4.